The fourth-order valence-electron chi connectivity index (χ4n) is 2.95. The monoisotopic (exact) mass is 353 g/mol. The Morgan fingerprint density at radius 1 is 1.33 bits per heavy atom. The summed E-state index contributed by atoms with van der Waals surface area (Å²) in [5.41, 5.74) is 2.41. The molecule has 116 valence electrons. The Labute approximate surface area is 135 Å². The van der Waals surface area contributed by atoms with Gasteiger partial charge in [-0.3, -0.25) is 9.69 Å². The molecule has 0 aliphatic carbocycles. The lowest BCUT2D eigenvalue weighted by Crippen LogP contribution is -2.35. The number of rotatable bonds is 5. The van der Waals surface area contributed by atoms with Crippen molar-refractivity contribution in [2.45, 2.75) is 45.6 Å². The topological polar surface area (TPSA) is 29.5 Å². The number of nitrogens with zero attached hydrogens (tertiary/aromatic N) is 1. The first-order valence-electron chi connectivity index (χ1n) is 7.77. The average Bonchev–Trinajstić information content (AvgIpc) is 2.47. The van der Waals surface area contributed by atoms with Gasteiger partial charge in [0.15, 0.2) is 0 Å². The van der Waals surface area contributed by atoms with Crippen molar-refractivity contribution >= 4 is 21.9 Å². The number of benzene rings is 1. The Balaban J connectivity index is 2.23. The van der Waals surface area contributed by atoms with E-state index in [1.54, 1.807) is 0 Å². The maximum atomic E-state index is 12.0. The van der Waals surface area contributed by atoms with E-state index in [0.717, 1.165) is 17.6 Å². The van der Waals surface area contributed by atoms with Gasteiger partial charge in [0.05, 0.1) is 13.0 Å². The molecule has 1 saturated heterocycles. The van der Waals surface area contributed by atoms with Crippen LogP contribution in [0.5, 0.6) is 0 Å². The zero-order valence-corrected chi connectivity index (χ0v) is 14.5. The molecule has 0 N–H and O–H groups in total. The van der Waals surface area contributed by atoms with Crippen LogP contribution < -0.4 is 0 Å². The smallest absolute Gasteiger partial charge is 0.307 e. The van der Waals surface area contributed by atoms with E-state index in [1.807, 2.05) is 6.92 Å². The third-order valence-corrected chi connectivity index (χ3v) is 4.70. The quantitative estimate of drug-likeness (QED) is 0.741. The minimum atomic E-state index is -0.111. The number of piperidine rings is 1. The summed E-state index contributed by atoms with van der Waals surface area (Å²) in [7, 11) is 0. The fraction of sp³-hybridized carbons (Fsp3) is 0.588. The second-order valence-electron chi connectivity index (χ2n) is 5.65. The molecular weight excluding hydrogens is 330 g/mol. The molecule has 0 spiro atoms. The predicted octanol–water partition coefficient (Wildman–Crippen LogP) is 4.24. The molecule has 1 unspecified atom stereocenters. The van der Waals surface area contributed by atoms with Gasteiger partial charge < -0.3 is 4.74 Å². The molecule has 0 amide bonds. The van der Waals surface area contributed by atoms with Crippen LogP contribution in [0, 0.1) is 6.92 Å². The minimum absolute atomic E-state index is 0.110. The van der Waals surface area contributed by atoms with Crippen molar-refractivity contribution in [2.24, 2.45) is 0 Å². The molecule has 1 aliphatic rings. The molecule has 1 aliphatic heterocycles. The molecule has 0 radical (unpaired) electrons. The van der Waals surface area contributed by atoms with Crippen molar-refractivity contribution in [1.29, 1.82) is 0 Å². The molecule has 2 rings (SSSR count). The number of ether oxygens (including phenoxy) is 1. The zero-order valence-electron chi connectivity index (χ0n) is 12.9. The van der Waals surface area contributed by atoms with Crippen LogP contribution in [0.15, 0.2) is 22.7 Å². The van der Waals surface area contributed by atoms with Crippen LogP contribution in [-0.4, -0.2) is 30.6 Å². The van der Waals surface area contributed by atoms with E-state index < -0.39 is 0 Å². The highest BCUT2D eigenvalue weighted by Gasteiger charge is 2.26. The van der Waals surface area contributed by atoms with E-state index in [2.05, 4.69) is 46.0 Å². The number of carbonyl (C=O) groups is 1. The Bertz CT molecular complexity index is 484. The van der Waals surface area contributed by atoms with Gasteiger partial charge in [-0.15, -0.1) is 0 Å². The largest absolute Gasteiger partial charge is 0.466 e. The summed E-state index contributed by atoms with van der Waals surface area (Å²) in [6.07, 6.45) is 4.14. The summed E-state index contributed by atoms with van der Waals surface area (Å²) < 4.78 is 6.25. The van der Waals surface area contributed by atoms with Gasteiger partial charge in [-0.05, 0) is 57.0 Å². The lowest BCUT2D eigenvalue weighted by atomic mass is 9.98. The van der Waals surface area contributed by atoms with Crippen LogP contribution in [-0.2, 0) is 9.53 Å². The Morgan fingerprint density at radius 2 is 2.05 bits per heavy atom. The number of aryl methyl sites for hydroxylation is 1. The van der Waals surface area contributed by atoms with Crippen molar-refractivity contribution in [1.82, 2.24) is 4.90 Å². The third kappa shape index (κ3) is 4.55. The second kappa shape index (κ2) is 7.95. The van der Waals surface area contributed by atoms with Crippen molar-refractivity contribution < 1.29 is 9.53 Å². The molecule has 1 heterocycles. The summed E-state index contributed by atoms with van der Waals surface area (Å²) in [5, 5.41) is 0. The molecular formula is C17H24BrNO2. The maximum Gasteiger partial charge on any atom is 0.307 e. The Morgan fingerprint density at radius 3 is 2.67 bits per heavy atom. The highest BCUT2D eigenvalue weighted by atomic mass is 79.9. The molecule has 1 atom stereocenters. The first kappa shape index (κ1) is 16.5. The molecule has 0 aromatic heterocycles. The molecule has 4 heteroatoms. The number of hydrogen-bond acceptors (Lipinski definition) is 3. The van der Waals surface area contributed by atoms with Crippen LogP contribution in [0.2, 0.25) is 0 Å². The van der Waals surface area contributed by atoms with E-state index in [0.29, 0.717) is 13.0 Å². The van der Waals surface area contributed by atoms with E-state index in [1.165, 1.54) is 30.4 Å². The van der Waals surface area contributed by atoms with Crippen LogP contribution in [0.1, 0.15) is 49.8 Å². The molecule has 21 heavy (non-hydrogen) atoms. The minimum Gasteiger partial charge on any atom is -0.466 e. The van der Waals surface area contributed by atoms with E-state index in [9.17, 15) is 4.79 Å². The lowest BCUT2D eigenvalue weighted by molar-refractivity contribution is -0.144. The predicted molar refractivity (Wildman–Crippen MR) is 88.3 cm³/mol. The summed E-state index contributed by atoms with van der Waals surface area (Å²) in [6.45, 7) is 6.50. The zero-order chi connectivity index (χ0) is 15.2. The molecule has 0 saturated carbocycles. The normalized spacial score (nSPS) is 17.5. The number of esters is 1. The van der Waals surface area contributed by atoms with Crippen LogP contribution in [0.3, 0.4) is 0 Å². The number of halogens is 1. The number of hydrogen-bond donors (Lipinski definition) is 0. The van der Waals surface area contributed by atoms with Gasteiger partial charge >= 0.3 is 5.97 Å². The van der Waals surface area contributed by atoms with Crippen molar-refractivity contribution in [3.8, 4) is 0 Å². The molecule has 1 fully saturated rings. The average molecular weight is 354 g/mol. The van der Waals surface area contributed by atoms with E-state index in [4.69, 9.17) is 4.74 Å². The van der Waals surface area contributed by atoms with Crippen molar-refractivity contribution in [3.05, 3.63) is 33.8 Å². The number of carbonyl (C=O) groups excluding carboxylic acids is 1. The summed E-state index contributed by atoms with van der Waals surface area (Å²) in [6, 6.07) is 6.48. The van der Waals surface area contributed by atoms with Gasteiger partial charge in [0.1, 0.15) is 0 Å². The summed E-state index contributed by atoms with van der Waals surface area (Å²) in [5.74, 6) is -0.111. The van der Waals surface area contributed by atoms with Gasteiger partial charge in [0, 0.05) is 10.5 Å². The van der Waals surface area contributed by atoms with E-state index >= 15 is 0 Å². The van der Waals surface area contributed by atoms with Gasteiger partial charge in [-0.2, -0.15) is 0 Å². The third-order valence-electron chi connectivity index (χ3n) is 4.01. The standard InChI is InChI=1S/C17H24BrNO2/c1-3-21-17(20)12-16(19-9-5-4-6-10-19)14-8-7-13(2)11-15(14)18/h7-8,11,16H,3-6,9-10,12H2,1-2H3. The van der Waals surface area contributed by atoms with Crippen LogP contribution >= 0.6 is 15.9 Å². The van der Waals surface area contributed by atoms with Crippen LogP contribution in [0.25, 0.3) is 0 Å². The first-order valence-corrected chi connectivity index (χ1v) is 8.57. The van der Waals surface area contributed by atoms with Crippen LogP contribution in [0.4, 0.5) is 0 Å². The second-order valence-corrected chi connectivity index (χ2v) is 6.50. The highest BCUT2D eigenvalue weighted by molar-refractivity contribution is 9.10. The highest BCUT2D eigenvalue weighted by Crippen LogP contribution is 2.33. The molecule has 1 aromatic rings. The number of likely N-dealkylation sites (tertiary alicyclic amines) is 1. The van der Waals surface area contributed by atoms with Gasteiger partial charge in [-0.1, -0.05) is 34.5 Å². The maximum absolute atomic E-state index is 12.0. The lowest BCUT2D eigenvalue weighted by Gasteiger charge is -2.35. The summed E-state index contributed by atoms with van der Waals surface area (Å²) >= 11 is 3.66. The summed E-state index contributed by atoms with van der Waals surface area (Å²) in [4.78, 5) is 14.4. The SMILES string of the molecule is CCOC(=O)CC(c1ccc(C)cc1Br)N1CCCCC1. The van der Waals surface area contributed by atoms with Gasteiger partial charge in [0.2, 0.25) is 0 Å². The molecule has 3 nitrogen and oxygen atoms in total. The Kier molecular flexibility index (Phi) is 6.24. The molecule has 0 bridgehead atoms. The first-order chi connectivity index (χ1) is 10.1. The Hall–Kier alpha value is -0.870. The van der Waals surface area contributed by atoms with Gasteiger partial charge in [0.25, 0.3) is 0 Å². The fourth-order valence-corrected chi connectivity index (χ4v) is 3.70. The van der Waals surface area contributed by atoms with Crippen molar-refractivity contribution in [2.75, 3.05) is 19.7 Å². The van der Waals surface area contributed by atoms with Crippen molar-refractivity contribution in [3.63, 3.8) is 0 Å². The molecule has 1 aromatic carbocycles. The van der Waals surface area contributed by atoms with Gasteiger partial charge in [-0.25, -0.2) is 0 Å². The van der Waals surface area contributed by atoms with E-state index in [-0.39, 0.29) is 12.0 Å².